The standard InChI is InChI=1S/C11H5Cl5N2/c12-6-5(4-2-1-3-18-11(4)17)7(13)9(15)10(16)8(6)14/h1-3H,(H2,17,18). The third-order valence-corrected chi connectivity index (χ3v) is 4.59. The molecular weight excluding hydrogens is 337 g/mol. The molecule has 0 radical (unpaired) electrons. The summed E-state index contributed by atoms with van der Waals surface area (Å²) in [6, 6.07) is 3.42. The van der Waals surface area contributed by atoms with Crippen LogP contribution in [-0.4, -0.2) is 4.98 Å². The van der Waals surface area contributed by atoms with Crippen LogP contribution in [0.25, 0.3) is 11.1 Å². The number of aromatic nitrogens is 1. The van der Waals surface area contributed by atoms with Gasteiger partial charge in [0.2, 0.25) is 0 Å². The molecule has 0 atom stereocenters. The summed E-state index contributed by atoms with van der Waals surface area (Å²) in [5.41, 5.74) is 6.75. The van der Waals surface area contributed by atoms with Crippen molar-refractivity contribution in [2.24, 2.45) is 0 Å². The third-order valence-electron chi connectivity index (χ3n) is 2.32. The van der Waals surface area contributed by atoms with E-state index in [1.165, 1.54) is 0 Å². The zero-order valence-electron chi connectivity index (χ0n) is 8.65. The van der Waals surface area contributed by atoms with Gasteiger partial charge in [0, 0.05) is 17.3 Å². The number of nitrogens with zero attached hydrogens (tertiary/aromatic N) is 1. The van der Waals surface area contributed by atoms with Crippen molar-refractivity contribution in [3.8, 4) is 11.1 Å². The van der Waals surface area contributed by atoms with Crippen molar-refractivity contribution in [2.45, 2.75) is 0 Å². The number of hydrogen-bond acceptors (Lipinski definition) is 2. The topological polar surface area (TPSA) is 38.9 Å². The quantitative estimate of drug-likeness (QED) is 0.541. The van der Waals surface area contributed by atoms with Gasteiger partial charge in [0.15, 0.2) is 0 Å². The van der Waals surface area contributed by atoms with Crippen molar-refractivity contribution >= 4 is 63.8 Å². The monoisotopic (exact) mass is 340 g/mol. The fraction of sp³-hybridized carbons (Fsp3) is 0. The summed E-state index contributed by atoms with van der Waals surface area (Å²) in [4.78, 5) is 3.96. The Hall–Kier alpha value is -0.380. The Kier molecular flexibility index (Phi) is 4.15. The van der Waals surface area contributed by atoms with Crippen molar-refractivity contribution in [3.63, 3.8) is 0 Å². The van der Waals surface area contributed by atoms with E-state index in [4.69, 9.17) is 63.7 Å². The van der Waals surface area contributed by atoms with Gasteiger partial charge in [-0.05, 0) is 12.1 Å². The highest BCUT2D eigenvalue weighted by Gasteiger charge is 2.21. The maximum absolute atomic E-state index is 6.14. The van der Waals surface area contributed by atoms with Gasteiger partial charge >= 0.3 is 0 Å². The molecule has 0 aliphatic heterocycles. The SMILES string of the molecule is Nc1ncccc1-c1c(Cl)c(Cl)c(Cl)c(Cl)c1Cl. The van der Waals surface area contributed by atoms with Crippen LogP contribution >= 0.6 is 58.0 Å². The lowest BCUT2D eigenvalue weighted by molar-refractivity contribution is 1.34. The number of pyridine rings is 1. The molecular formula is C11H5Cl5N2. The minimum Gasteiger partial charge on any atom is -0.383 e. The van der Waals surface area contributed by atoms with Crippen LogP contribution in [0.4, 0.5) is 5.82 Å². The van der Waals surface area contributed by atoms with Crippen LogP contribution in [0.1, 0.15) is 0 Å². The number of rotatable bonds is 1. The summed E-state index contributed by atoms with van der Waals surface area (Å²) in [6.45, 7) is 0. The first-order valence-corrected chi connectivity index (χ1v) is 6.56. The highest BCUT2D eigenvalue weighted by molar-refractivity contribution is 6.56. The van der Waals surface area contributed by atoms with Gasteiger partial charge in [0.05, 0.1) is 25.1 Å². The maximum Gasteiger partial charge on any atom is 0.131 e. The smallest absolute Gasteiger partial charge is 0.131 e. The highest BCUT2D eigenvalue weighted by atomic mass is 35.5. The van der Waals surface area contributed by atoms with Crippen molar-refractivity contribution in [1.29, 1.82) is 0 Å². The molecule has 7 heteroatoms. The molecule has 2 rings (SSSR count). The van der Waals surface area contributed by atoms with Gasteiger partial charge in [0.25, 0.3) is 0 Å². The van der Waals surface area contributed by atoms with E-state index in [0.717, 1.165) is 0 Å². The molecule has 0 fully saturated rings. The number of halogens is 5. The molecule has 0 saturated carbocycles. The fourth-order valence-corrected chi connectivity index (χ4v) is 2.81. The largest absolute Gasteiger partial charge is 0.383 e. The van der Waals surface area contributed by atoms with Crippen LogP contribution in [0.5, 0.6) is 0 Å². The van der Waals surface area contributed by atoms with E-state index < -0.39 is 0 Å². The summed E-state index contributed by atoms with van der Waals surface area (Å²) in [6.07, 6.45) is 1.56. The summed E-state index contributed by atoms with van der Waals surface area (Å²) in [7, 11) is 0. The first kappa shape index (κ1) is 14.0. The van der Waals surface area contributed by atoms with Gasteiger partial charge < -0.3 is 5.73 Å². The number of nitrogen functional groups attached to an aromatic ring is 1. The van der Waals surface area contributed by atoms with Gasteiger partial charge in [0.1, 0.15) is 5.82 Å². The van der Waals surface area contributed by atoms with Crippen LogP contribution < -0.4 is 5.73 Å². The Morgan fingerprint density at radius 3 is 1.83 bits per heavy atom. The predicted octanol–water partition coefficient (Wildman–Crippen LogP) is 5.60. The Morgan fingerprint density at radius 1 is 0.833 bits per heavy atom. The Bertz CT molecular complexity index is 598. The number of nitrogens with two attached hydrogens (primary N) is 1. The third kappa shape index (κ3) is 2.24. The Morgan fingerprint density at radius 2 is 1.33 bits per heavy atom. The second kappa shape index (κ2) is 5.32. The van der Waals surface area contributed by atoms with Gasteiger partial charge in [-0.1, -0.05) is 58.0 Å². The van der Waals surface area contributed by atoms with E-state index in [0.29, 0.717) is 11.1 Å². The van der Waals surface area contributed by atoms with E-state index in [9.17, 15) is 0 Å². The lowest BCUT2D eigenvalue weighted by atomic mass is 10.1. The van der Waals surface area contributed by atoms with E-state index >= 15 is 0 Å². The van der Waals surface area contributed by atoms with Crippen LogP contribution in [0.3, 0.4) is 0 Å². The molecule has 94 valence electrons. The summed E-state index contributed by atoms with van der Waals surface area (Å²) >= 11 is 30.2. The second-order valence-electron chi connectivity index (χ2n) is 3.38. The van der Waals surface area contributed by atoms with Gasteiger partial charge in [-0.15, -0.1) is 0 Å². The molecule has 1 aromatic heterocycles. The molecule has 1 aromatic carbocycles. The first-order chi connectivity index (χ1) is 8.45. The van der Waals surface area contributed by atoms with Crippen molar-refractivity contribution in [1.82, 2.24) is 4.98 Å². The lowest BCUT2D eigenvalue weighted by Gasteiger charge is -2.13. The molecule has 0 aliphatic rings. The van der Waals surface area contributed by atoms with Gasteiger partial charge in [-0.25, -0.2) is 4.98 Å². The van der Waals surface area contributed by atoms with Gasteiger partial charge in [-0.2, -0.15) is 0 Å². The zero-order valence-corrected chi connectivity index (χ0v) is 12.4. The molecule has 0 unspecified atom stereocenters. The molecule has 2 aromatic rings. The first-order valence-electron chi connectivity index (χ1n) is 4.67. The Balaban J connectivity index is 2.85. The fourth-order valence-electron chi connectivity index (χ4n) is 1.47. The maximum atomic E-state index is 6.14. The summed E-state index contributed by atoms with van der Waals surface area (Å²) < 4.78 is 0. The molecule has 0 spiro atoms. The highest BCUT2D eigenvalue weighted by Crippen LogP contribution is 2.48. The average molecular weight is 342 g/mol. The lowest BCUT2D eigenvalue weighted by Crippen LogP contribution is -1.95. The van der Waals surface area contributed by atoms with Crippen LogP contribution in [-0.2, 0) is 0 Å². The second-order valence-corrected chi connectivity index (χ2v) is 5.27. The van der Waals surface area contributed by atoms with E-state index in [1.807, 2.05) is 0 Å². The van der Waals surface area contributed by atoms with Crippen LogP contribution in [0.15, 0.2) is 18.3 Å². The molecule has 0 amide bonds. The normalized spacial score (nSPS) is 10.7. The van der Waals surface area contributed by atoms with Gasteiger partial charge in [-0.3, -0.25) is 0 Å². The molecule has 18 heavy (non-hydrogen) atoms. The molecule has 1 heterocycles. The van der Waals surface area contributed by atoms with Crippen molar-refractivity contribution < 1.29 is 0 Å². The van der Waals surface area contributed by atoms with Crippen molar-refractivity contribution in [2.75, 3.05) is 5.73 Å². The van der Waals surface area contributed by atoms with E-state index in [1.54, 1.807) is 18.3 Å². The van der Waals surface area contributed by atoms with Crippen LogP contribution in [0, 0.1) is 0 Å². The average Bonchev–Trinajstić information content (AvgIpc) is 2.36. The van der Waals surface area contributed by atoms with Crippen LogP contribution in [0.2, 0.25) is 25.1 Å². The zero-order chi connectivity index (χ0) is 13.4. The predicted molar refractivity (Wildman–Crippen MR) is 79.1 cm³/mol. The minimum absolute atomic E-state index is 0.111. The number of benzene rings is 1. The van der Waals surface area contributed by atoms with E-state index in [-0.39, 0.29) is 30.9 Å². The molecule has 2 N–H and O–H groups in total. The minimum atomic E-state index is 0.111. The number of hydrogen-bond donors (Lipinski definition) is 1. The van der Waals surface area contributed by atoms with E-state index in [2.05, 4.69) is 4.98 Å². The molecule has 0 bridgehead atoms. The summed E-state index contributed by atoms with van der Waals surface area (Å²) in [5, 5.41) is 0.753. The molecule has 2 nitrogen and oxygen atoms in total. The van der Waals surface area contributed by atoms with Crippen molar-refractivity contribution in [3.05, 3.63) is 43.4 Å². The molecule has 0 aliphatic carbocycles. The molecule has 0 saturated heterocycles. The number of anilines is 1. The Labute approximate surface area is 129 Å². The summed E-state index contributed by atoms with van der Waals surface area (Å²) in [5.74, 6) is 0.274.